The van der Waals surface area contributed by atoms with Crippen LogP contribution in [0.1, 0.15) is 43.3 Å². The van der Waals surface area contributed by atoms with Crippen LogP contribution in [-0.2, 0) is 4.74 Å². The lowest BCUT2D eigenvalue weighted by atomic mass is 10.1. The zero-order valence-electron chi connectivity index (χ0n) is 10.7. The first-order valence-corrected chi connectivity index (χ1v) is 7.33. The summed E-state index contributed by atoms with van der Waals surface area (Å²) in [6.07, 6.45) is 6.40. The van der Waals surface area contributed by atoms with E-state index in [9.17, 15) is 0 Å². The average molecular weight is 278 g/mol. The molecule has 0 radical (unpaired) electrons. The molecule has 3 heterocycles. The predicted molar refractivity (Wildman–Crippen MR) is 73.6 cm³/mol. The summed E-state index contributed by atoms with van der Waals surface area (Å²) in [7, 11) is 0. The van der Waals surface area contributed by atoms with E-state index in [2.05, 4.69) is 4.98 Å². The summed E-state index contributed by atoms with van der Waals surface area (Å²) in [5, 5.41) is 6.65. The maximum absolute atomic E-state index is 6.36. The van der Waals surface area contributed by atoms with Gasteiger partial charge in [-0.25, -0.2) is 9.67 Å². The quantitative estimate of drug-likeness (QED) is 0.845. The minimum atomic E-state index is 0.301. The fraction of sp³-hybridized carbons (Fsp3) is 0.571. The van der Waals surface area contributed by atoms with Crippen molar-refractivity contribution in [2.24, 2.45) is 0 Å². The van der Waals surface area contributed by atoms with E-state index in [0.717, 1.165) is 47.8 Å². The van der Waals surface area contributed by atoms with Crippen LogP contribution in [0.3, 0.4) is 0 Å². The van der Waals surface area contributed by atoms with E-state index in [0.29, 0.717) is 12.0 Å². The van der Waals surface area contributed by atoms with Gasteiger partial charge in [0.25, 0.3) is 0 Å². The van der Waals surface area contributed by atoms with E-state index >= 15 is 0 Å². The van der Waals surface area contributed by atoms with Gasteiger partial charge in [0.05, 0.1) is 28.8 Å². The number of fused-ring (bicyclic) bond motifs is 1. The molecule has 2 aromatic rings. The van der Waals surface area contributed by atoms with Gasteiger partial charge in [-0.15, -0.1) is 0 Å². The van der Waals surface area contributed by atoms with Gasteiger partial charge in [0.2, 0.25) is 0 Å². The number of ether oxygens (including phenoxy) is 1. The molecule has 0 amide bonds. The number of halogens is 1. The van der Waals surface area contributed by atoms with Crippen LogP contribution in [0, 0.1) is 0 Å². The van der Waals surface area contributed by atoms with E-state index < -0.39 is 0 Å². The van der Waals surface area contributed by atoms with Crippen molar-refractivity contribution in [1.82, 2.24) is 14.8 Å². The SMILES string of the molecule is Clc1ccnc2c1c(C1CC1)nn2C1CCCOC1. The number of pyridine rings is 1. The number of nitrogens with zero attached hydrogens (tertiary/aromatic N) is 3. The van der Waals surface area contributed by atoms with Crippen LogP contribution in [0.25, 0.3) is 11.0 Å². The number of aromatic nitrogens is 3. The Morgan fingerprint density at radius 3 is 2.95 bits per heavy atom. The highest BCUT2D eigenvalue weighted by atomic mass is 35.5. The van der Waals surface area contributed by atoms with Gasteiger partial charge in [-0.3, -0.25) is 0 Å². The first-order valence-electron chi connectivity index (χ1n) is 6.95. The summed E-state index contributed by atoms with van der Waals surface area (Å²) in [4.78, 5) is 4.51. The molecule has 100 valence electrons. The normalized spacial score (nSPS) is 23.9. The molecule has 0 N–H and O–H groups in total. The first kappa shape index (κ1) is 11.7. The molecule has 4 rings (SSSR count). The molecule has 0 bridgehead atoms. The molecule has 1 aliphatic carbocycles. The summed E-state index contributed by atoms with van der Waals surface area (Å²) >= 11 is 6.36. The third kappa shape index (κ3) is 1.94. The van der Waals surface area contributed by atoms with Gasteiger partial charge in [0, 0.05) is 18.7 Å². The first-order chi connectivity index (χ1) is 9.34. The molecule has 0 aromatic carbocycles. The van der Waals surface area contributed by atoms with Crippen LogP contribution in [0.4, 0.5) is 0 Å². The fourth-order valence-corrected chi connectivity index (χ4v) is 3.10. The van der Waals surface area contributed by atoms with Gasteiger partial charge in [-0.05, 0) is 31.7 Å². The lowest BCUT2D eigenvalue weighted by Crippen LogP contribution is -2.22. The van der Waals surface area contributed by atoms with Gasteiger partial charge in [0.15, 0.2) is 5.65 Å². The van der Waals surface area contributed by atoms with Gasteiger partial charge < -0.3 is 4.74 Å². The second-order valence-electron chi connectivity index (χ2n) is 5.47. The summed E-state index contributed by atoms with van der Waals surface area (Å²) in [5.74, 6) is 0.579. The fourth-order valence-electron chi connectivity index (χ4n) is 2.87. The Hall–Kier alpha value is -1.13. The van der Waals surface area contributed by atoms with Gasteiger partial charge in [0.1, 0.15) is 0 Å². The standard InChI is InChI=1S/C14H16ClN3O/c15-11-5-6-16-14-12(11)13(9-3-4-9)17-18(14)10-2-1-7-19-8-10/h5-6,9-10H,1-4,7-8H2. The zero-order chi connectivity index (χ0) is 12.8. The van der Waals surface area contributed by atoms with Crippen molar-refractivity contribution in [1.29, 1.82) is 0 Å². The van der Waals surface area contributed by atoms with Crippen LogP contribution >= 0.6 is 11.6 Å². The van der Waals surface area contributed by atoms with E-state index in [1.54, 1.807) is 6.20 Å². The van der Waals surface area contributed by atoms with E-state index in [1.165, 1.54) is 12.8 Å². The van der Waals surface area contributed by atoms with Gasteiger partial charge in [-0.2, -0.15) is 5.10 Å². The largest absolute Gasteiger partial charge is 0.379 e. The van der Waals surface area contributed by atoms with E-state index in [1.807, 2.05) is 10.7 Å². The Labute approximate surface area is 116 Å². The van der Waals surface area contributed by atoms with Crippen molar-refractivity contribution in [3.05, 3.63) is 23.0 Å². The third-order valence-corrected chi connectivity index (χ3v) is 4.33. The lowest BCUT2D eigenvalue weighted by Gasteiger charge is -2.22. The number of hydrogen-bond donors (Lipinski definition) is 0. The molecule has 19 heavy (non-hydrogen) atoms. The highest BCUT2D eigenvalue weighted by Gasteiger charge is 2.32. The molecular weight excluding hydrogens is 262 g/mol. The Kier molecular flexibility index (Phi) is 2.74. The molecule has 2 aromatic heterocycles. The Bertz CT molecular complexity index is 614. The molecule has 1 aliphatic heterocycles. The third-order valence-electron chi connectivity index (χ3n) is 4.01. The Balaban J connectivity index is 1.88. The highest BCUT2D eigenvalue weighted by molar-refractivity contribution is 6.35. The van der Waals surface area contributed by atoms with Gasteiger partial charge >= 0.3 is 0 Å². The predicted octanol–water partition coefficient (Wildman–Crippen LogP) is 3.31. The van der Waals surface area contributed by atoms with E-state index in [4.69, 9.17) is 21.4 Å². The van der Waals surface area contributed by atoms with Crippen molar-refractivity contribution < 1.29 is 4.74 Å². The van der Waals surface area contributed by atoms with Crippen LogP contribution in [0.15, 0.2) is 12.3 Å². The highest BCUT2D eigenvalue weighted by Crippen LogP contribution is 2.44. The van der Waals surface area contributed by atoms with Crippen molar-refractivity contribution in [2.75, 3.05) is 13.2 Å². The van der Waals surface area contributed by atoms with Crippen molar-refractivity contribution in [3.63, 3.8) is 0 Å². The monoisotopic (exact) mass is 277 g/mol. The van der Waals surface area contributed by atoms with Gasteiger partial charge in [-0.1, -0.05) is 11.6 Å². The average Bonchev–Trinajstić information content (AvgIpc) is 3.21. The minimum Gasteiger partial charge on any atom is -0.379 e. The summed E-state index contributed by atoms with van der Waals surface area (Å²) < 4.78 is 7.63. The molecule has 0 spiro atoms. The molecule has 1 unspecified atom stereocenters. The lowest BCUT2D eigenvalue weighted by molar-refractivity contribution is 0.0561. The van der Waals surface area contributed by atoms with E-state index in [-0.39, 0.29) is 0 Å². The molecule has 1 atom stereocenters. The Morgan fingerprint density at radius 2 is 2.21 bits per heavy atom. The Morgan fingerprint density at radius 1 is 1.32 bits per heavy atom. The van der Waals surface area contributed by atoms with Crippen LogP contribution < -0.4 is 0 Å². The minimum absolute atomic E-state index is 0.301. The topological polar surface area (TPSA) is 39.9 Å². The molecule has 2 aliphatic rings. The van der Waals surface area contributed by atoms with Crippen molar-refractivity contribution >= 4 is 22.6 Å². The van der Waals surface area contributed by atoms with Crippen molar-refractivity contribution in [3.8, 4) is 0 Å². The summed E-state index contributed by atoms with van der Waals surface area (Å²) in [6, 6.07) is 2.16. The van der Waals surface area contributed by atoms with Crippen LogP contribution in [0.2, 0.25) is 5.02 Å². The smallest absolute Gasteiger partial charge is 0.159 e. The number of hydrogen-bond acceptors (Lipinski definition) is 3. The maximum Gasteiger partial charge on any atom is 0.159 e. The molecule has 5 heteroatoms. The molecule has 4 nitrogen and oxygen atoms in total. The number of rotatable bonds is 2. The molecule has 1 saturated heterocycles. The molecular formula is C14H16ClN3O. The summed E-state index contributed by atoms with van der Waals surface area (Å²) in [6.45, 7) is 1.59. The van der Waals surface area contributed by atoms with Crippen LogP contribution in [-0.4, -0.2) is 28.0 Å². The second kappa shape index (κ2) is 4.46. The van der Waals surface area contributed by atoms with Crippen LogP contribution in [0.5, 0.6) is 0 Å². The summed E-state index contributed by atoms with van der Waals surface area (Å²) in [5.41, 5.74) is 2.06. The zero-order valence-corrected chi connectivity index (χ0v) is 11.4. The second-order valence-corrected chi connectivity index (χ2v) is 5.87. The molecule has 1 saturated carbocycles. The maximum atomic E-state index is 6.36. The molecule has 2 fully saturated rings. The van der Waals surface area contributed by atoms with Crippen molar-refractivity contribution in [2.45, 2.75) is 37.6 Å².